The molecular formula is C24H26FN5O3. The number of aromatic amines is 1. The van der Waals surface area contributed by atoms with Gasteiger partial charge in [0, 0.05) is 24.9 Å². The summed E-state index contributed by atoms with van der Waals surface area (Å²) in [5.41, 5.74) is 0.910. The molecule has 4 rings (SSSR count). The fourth-order valence-corrected chi connectivity index (χ4v) is 4.00. The number of aromatic nitrogens is 2. The standard InChI is InChI=1S/C24H26FN5O3/c1-4-28(3)11-12-29-15(2)23(32)30(24(29)33)21-14-16(9-10-19(21)25)13-20-17-7-5-6-8-18(17)22(31)27-26-20/h5-10,14-15H,4,11-13H2,1-3H3,(H,27,31). The third-order valence-corrected chi connectivity index (χ3v) is 6.14. The van der Waals surface area contributed by atoms with E-state index in [4.69, 9.17) is 0 Å². The van der Waals surface area contributed by atoms with E-state index in [1.807, 2.05) is 24.9 Å². The van der Waals surface area contributed by atoms with Crippen molar-refractivity contribution in [2.45, 2.75) is 26.3 Å². The normalized spacial score (nSPS) is 16.5. The molecule has 8 nitrogen and oxygen atoms in total. The molecule has 9 heteroatoms. The van der Waals surface area contributed by atoms with Gasteiger partial charge in [0.25, 0.3) is 11.5 Å². The van der Waals surface area contributed by atoms with Crippen molar-refractivity contribution >= 4 is 28.4 Å². The second kappa shape index (κ2) is 9.11. The zero-order chi connectivity index (χ0) is 23.7. The van der Waals surface area contributed by atoms with Crippen LogP contribution in [0.25, 0.3) is 10.8 Å². The molecule has 1 aliphatic heterocycles. The first-order valence-corrected chi connectivity index (χ1v) is 10.9. The minimum Gasteiger partial charge on any atom is -0.311 e. The molecule has 1 aliphatic rings. The number of hydrogen-bond acceptors (Lipinski definition) is 5. The van der Waals surface area contributed by atoms with Crippen LogP contribution in [-0.2, 0) is 11.2 Å². The zero-order valence-electron chi connectivity index (χ0n) is 18.8. The van der Waals surface area contributed by atoms with E-state index in [1.54, 1.807) is 31.2 Å². The van der Waals surface area contributed by atoms with E-state index in [9.17, 15) is 18.8 Å². The number of imide groups is 1. The molecule has 1 aromatic heterocycles. The second-order valence-corrected chi connectivity index (χ2v) is 8.23. The van der Waals surface area contributed by atoms with Crippen LogP contribution in [0.2, 0.25) is 0 Å². The van der Waals surface area contributed by atoms with Gasteiger partial charge in [0.2, 0.25) is 0 Å². The van der Waals surface area contributed by atoms with E-state index < -0.39 is 23.8 Å². The molecule has 1 fully saturated rings. The number of benzene rings is 2. The maximum Gasteiger partial charge on any atom is 0.332 e. The average molecular weight is 452 g/mol. The largest absolute Gasteiger partial charge is 0.332 e. The number of nitrogens with zero attached hydrogens (tertiary/aromatic N) is 4. The van der Waals surface area contributed by atoms with Crippen molar-refractivity contribution in [2.24, 2.45) is 0 Å². The van der Waals surface area contributed by atoms with Gasteiger partial charge in [-0.05, 0) is 44.3 Å². The Kier molecular flexibility index (Phi) is 6.24. The van der Waals surface area contributed by atoms with Gasteiger partial charge in [0.1, 0.15) is 11.9 Å². The average Bonchev–Trinajstić information content (AvgIpc) is 3.03. The number of likely N-dealkylation sites (N-methyl/N-ethyl adjacent to an activating group) is 1. The van der Waals surface area contributed by atoms with Crippen molar-refractivity contribution < 1.29 is 14.0 Å². The van der Waals surface area contributed by atoms with Gasteiger partial charge in [-0.3, -0.25) is 9.59 Å². The van der Waals surface area contributed by atoms with Gasteiger partial charge < -0.3 is 9.80 Å². The minimum absolute atomic E-state index is 0.0746. The lowest BCUT2D eigenvalue weighted by Gasteiger charge is -2.22. The molecule has 1 N–H and O–H groups in total. The van der Waals surface area contributed by atoms with E-state index in [-0.39, 0.29) is 11.2 Å². The summed E-state index contributed by atoms with van der Waals surface area (Å²) < 4.78 is 14.8. The number of carbonyl (C=O) groups excluding carboxylic acids is 2. The van der Waals surface area contributed by atoms with Gasteiger partial charge in [0.05, 0.1) is 16.8 Å². The smallest absolute Gasteiger partial charge is 0.311 e. The Morgan fingerprint density at radius 3 is 2.58 bits per heavy atom. The summed E-state index contributed by atoms with van der Waals surface area (Å²) in [5.74, 6) is -1.11. The number of hydrogen-bond donors (Lipinski definition) is 1. The zero-order valence-corrected chi connectivity index (χ0v) is 18.8. The predicted octanol–water partition coefficient (Wildman–Crippen LogP) is 2.76. The first kappa shape index (κ1) is 22.6. The number of amides is 3. The lowest BCUT2D eigenvalue weighted by molar-refractivity contribution is -0.119. The number of halogens is 1. The predicted molar refractivity (Wildman–Crippen MR) is 124 cm³/mol. The van der Waals surface area contributed by atoms with Crippen LogP contribution in [0.15, 0.2) is 47.3 Å². The van der Waals surface area contributed by atoms with E-state index in [0.717, 1.165) is 11.4 Å². The summed E-state index contributed by atoms with van der Waals surface area (Å²) in [7, 11) is 1.93. The molecule has 0 spiro atoms. The molecule has 1 atom stereocenters. The Morgan fingerprint density at radius 1 is 1.12 bits per heavy atom. The first-order valence-electron chi connectivity index (χ1n) is 10.9. The molecule has 0 saturated carbocycles. The summed E-state index contributed by atoms with van der Waals surface area (Å²) in [4.78, 5) is 42.4. The van der Waals surface area contributed by atoms with Gasteiger partial charge in [0.15, 0.2) is 0 Å². The molecule has 172 valence electrons. The van der Waals surface area contributed by atoms with Crippen LogP contribution in [0.4, 0.5) is 14.9 Å². The van der Waals surface area contributed by atoms with Crippen LogP contribution in [0.1, 0.15) is 25.1 Å². The Labute approximate surface area is 190 Å². The summed E-state index contributed by atoms with van der Waals surface area (Å²) in [6.45, 7) is 5.47. The molecule has 2 aromatic carbocycles. The van der Waals surface area contributed by atoms with Crippen LogP contribution < -0.4 is 10.5 Å². The monoisotopic (exact) mass is 451 g/mol. The summed E-state index contributed by atoms with van der Waals surface area (Å²) in [5, 5.41) is 7.86. The topological polar surface area (TPSA) is 89.6 Å². The van der Waals surface area contributed by atoms with Crippen molar-refractivity contribution in [1.29, 1.82) is 0 Å². The number of nitrogens with one attached hydrogen (secondary N) is 1. The van der Waals surface area contributed by atoms with Crippen molar-refractivity contribution in [2.75, 3.05) is 31.6 Å². The van der Waals surface area contributed by atoms with Crippen LogP contribution in [-0.4, -0.2) is 64.7 Å². The van der Waals surface area contributed by atoms with Crippen molar-refractivity contribution in [3.63, 3.8) is 0 Å². The van der Waals surface area contributed by atoms with Crippen molar-refractivity contribution in [1.82, 2.24) is 20.0 Å². The Hall–Kier alpha value is -3.59. The molecule has 3 aromatic rings. The number of urea groups is 1. The Bertz CT molecular complexity index is 1270. The quantitative estimate of drug-likeness (QED) is 0.558. The van der Waals surface area contributed by atoms with Crippen LogP contribution >= 0.6 is 0 Å². The maximum absolute atomic E-state index is 14.8. The summed E-state index contributed by atoms with van der Waals surface area (Å²) >= 11 is 0. The summed E-state index contributed by atoms with van der Waals surface area (Å²) in [6.07, 6.45) is 0.293. The van der Waals surface area contributed by atoms with Crippen LogP contribution in [0, 0.1) is 5.82 Å². The van der Waals surface area contributed by atoms with Crippen LogP contribution in [0.5, 0.6) is 0 Å². The minimum atomic E-state index is -0.671. The van der Waals surface area contributed by atoms with Crippen molar-refractivity contribution in [3.8, 4) is 0 Å². The molecule has 0 radical (unpaired) electrons. The van der Waals surface area contributed by atoms with Crippen molar-refractivity contribution in [3.05, 3.63) is 69.9 Å². The fraction of sp³-hybridized carbons (Fsp3) is 0.333. The number of rotatable bonds is 7. The molecule has 3 amide bonds. The lowest BCUT2D eigenvalue weighted by atomic mass is 10.0. The molecule has 33 heavy (non-hydrogen) atoms. The lowest BCUT2D eigenvalue weighted by Crippen LogP contribution is -2.39. The molecule has 1 saturated heterocycles. The Morgan fingerprint density at radius 2 is 1.85 bits per heavy atom. The number of anilines is 1. The maximum atomic E-state index is 14.8. The molecule has 2 heterocycles. The van der Waals surface area contributed by atoms with Gasteiger partial charge in [-0.1, -0.05) is 31.2 Å². The molecule has 0 bridgehead atoms. The molecule has 0 aliphatic carbocycles. The van der Waals surface area contributed by atoms with E-state index in [2.05, 4.69) is 10.2 Å². The highest BCUT2D eigenvalue weighted by Gasteiger charge is 2.44. The number of H-pyrrole nitrogens is 1. The number of carbonyl (C=O) groups is 2. The van der Waals surface area contributed by atoms with E-state index in [1.165, 1.54) is 17.0 Å². The van der Waals surface area contributed by atoms with Gasteiger partial charge in [-0.15, -0.1) is 0 Å². The Balaban J connectivity index is 1.64. The van der Waals surface area contributed by atoms with Gasteiger partial charge in [-0.25, -0.2) is 19.2 Å². The van der Waals surface area contributed by atoms with Gasteiger partial charge in [-0.2, -0.15) is 5.10 Å². The highest BCUT2D eigenvalue weighted by molar-refractivity contribution is 6.21. The SMILES string of the molecule is CCN(C)CCN1C(=O)N(c2cc(Cc3n[nH]c(=O)c4ccccc34)ccc2F)C(=O)C1C. The fourth-order valence-electron chi connectivity index (χ4n) is 4.00. The molecule has 1 unspecified atom stereocenters. The van der Waals surface area contributed by atoms with E-state index in [0.29, 0.717) is 41.5 Å². The third kappa shape index (κ3) is 4.23. The number of fused-ring (bicyclic) bond motifs is 1. The summed E-state index contributed by atoms with van der Waals surface area (Å²) in [6, 6.07) is 10.2. The highest BCUT2D eigenvalue weighted by atomic mass is 19.1. The second-order valence-electron chi connectivity index (χ2n) is 8.23. The van der Waals surface area contributed by atoms with Gasteiger partial charge >= 0.3 is 6.03 Å². The highest BCUT2D eigenvalue weighted by Crippen LogP contribution is 2.29. The van der Waals surface area contributed by atoms with E-state index >= 15 is 0 Å². The van der Waals surface area contributed by atoms with Crippen LogP contribution in [0.3, 0.4) is 0 Å². The first-order chi connectivity index (χ1) is 15.8. The third-order valence-electron chi connectivity index (χ3n) is 6.14. The molecular weight excluding hydrogens is 425 g/mol.